The normalized spacial score (nSPS) is 14.8. The van der Waals surface area contributed by atoms with E-state index in [-0.39, 0.29) is 24.0 Å². The average Bonchev–Trinajstić information content (AvgIpc) is 3.23. The van der Waals surface area contributed by atoms with Crippen LogP contribution in [0.5, 0.6) is 0 Å². The van der Waals surface area contributed by atoms with Gasteiger partial charge in [0.15, 0.2) is 5.96 Å². The molecule has 2 amide bonds. The monoisotopic (exact) mass is 494 g/mol. The molecule has 1 aliphatic heterocycles. The highest BCUT2D eigenvalue weighted by Crippen LogP contribution is 2.35. The summed E-state index contributed by atoms with van der Waals surface area (Å²) in [5, 5.41) is 15.0. The lowest BCUT2D eigenvalue weighted by Gasteiger charge is -2.17. The summed E-state index contributed by atoms with van der Waals surface area (Å²) in [4.78, 5) is 45.0. The maximum atomic E-state index is 12.9. The van der Waals surface area contributed by atoms with Gasteiger partial charge in [-0.2, -0.15) is 0 Å². The number of para-hydroxylation sites is 1. The number of fused-ring (bicyclic) bond motifs is 1. The molecule has 0 bridgehead atoms. The van der Waals surface area contributed by atoms with Crippen molar-refractivity contribution in [2.24, 2.45) is 21.5 Å². The van der Waals surface area contributed by atoms with E-state index in [0.717, 1.165) is 5.56 Å². The fraction of sp³-hybridized carbons (Fsp3) is 0.320. The topological polar surface area (TPSA) is 181 Å². The summed E-state index contributed by atoms with van der Waals surface area (Å²) < 4.78 is 5.43. The quantitative estimate of drug-likeness (QED) is 0.169. The Bertz CT molecular complexity index is 1160. The van der Waals surface area contributed by atoms with E-state index < -0.39 is 24.0 Å². The van der Waals surface area contributed by atoms with Crippen molar-refractivity contribution in [3.8, 4) is 0 Å². The van der Waals surface area contributed by atoms with Gasteiger partial charge in [-0.3, -0.25) is 14.6 Å². The largest absolute Gasteiger partial charge is 0.480 e. The maximum Gasteiger partial charge on any atom is 0.326 e. The van der Waals surface area contributed by atoms with E-state index in [0.29, 0.717) is 42.7 Å². The van der Waals surface area contributed by atoms with Crippen molar-refractivity contribution in [3.05, 3.63) is 59.7 Å². The molecule has 0 radical (unpaired) electrons. The molecule has 0 aromatic heterocycles. The van der Waals surface area contributed by atoms with E-state index in [4.69, 9.17) is 16.2 Å². The Labute approximate surface area is 208 Å². The first-order valence-corrected chi connectivity index (χ1v) is 11.5. The van der Waals surface area contributed by atoms with E-state index >= 15 is 0 Å². The highest BCUT2D eigenvalue weighted by Gasteiger charge is 2.33. The van der Waals surface area contributed by atoms with E-state index in [1.165, 1.54) is 7.11 Å². The van der Waals surface area contributed by atoms with Crippen LogP contribution in [0.25, 0.3) is 0 Å². The minimum Gasteiger partial charge on any atom is -0.480 e. The minimum absolute atomic E-state index is 0.0290. The molecule has 0 saturated heterocycles. The van der Waals surface area contributed by atoms with Crippen molar-refractivity contribution in [1.29, 1.82) is 0 Å². The van der Waals surface area contributed by atoms with Crippen molar-refractivity contribution >= 4 is 40.8 Å². The fourth-order valence-electron chi connectivity index (χ4n) is 3.78. The summed E-state index contributed by atoms with van der Waals surface area (Å²) in [7, 11) is 1.47. The number of nitrogens with two attached hydrogens (primary N) is 2. The number of aliphatic carboxylic acids is 1. The molecule has 0 fully saturated rings. The molecule has 2 aromatic rings. The van der Waals surface area contributed by atoms with Crippen molar-refractivity contribution < 1.29 is 24.2 Å². The van der Waals surface area contributed by atoms with Crippen LogP contribution in [-0.4, -0.2) is 54.3 Å². The van der Waals surface area contributed by atoms with Gasteiger partial charge < -0.3 is 31.9 Å². The Balaban J connectivity index is 1.54. The predicted molar refractivity (Wildman–Crippen MR) is 136 cm³/mol. The molecule has 11 nitrogen and oxygen atoms in total. The number of unbranched alkanes of at least 4 members (excludes halogenated alkanes) is 1. The van der Waals surface area contributed by atoms with Gasteiger partial charge in [-0.25, -0.2) is 9.79 Å². The van der Waals surface area contributed by atoms with Crippen molar-refractivity contribution in [2.75, 3.05) is 19.0 Å². The molecule has 1 aliphatic rings. The molecule has 36 heavy (non-hydrogen) atoms. The number of aliphatic imine (C=N–C) groups is 2. The second kappa shape index (κ2) is 12.5. The molecular weight excluding hydrogens is 464 g/mol. The molecule has 2 atom stereocenters. The molecule has 11 heteroatoms. The predicted octanol–water partition coefficient (Wildman–Crippen LogP) is 1.65. The van der Waals surface area contributed by atoms with E-state index in [9.17, 15) is 19.5 Å². The molecule has 7 N–H and O–H groups in total. The van der Waals surface area contributed by atoms with Gasteiger partial charge in [-0.1, -0.05) is 30.3 Å². The Morgan fingerprint density at radius 2 is 1.83 bits per heavy atom. The zero-order valence-electron chi connectivity index (χ0n) is 19.9. The number of anilines is 1. The number of benzene rings is 2. The molecular formula is C25H30N6O5. The number of nitrogens with one attached hydrogen (secondary N) is 2. The Morgan fingerprint density at radius 1 is 1.11 bits per heavy atom. The van der Waals surface area contributed by atoms with E-state index in [1.54, 1.807) is 36.4 Å². The van der Waals surface area contributed by atoms with Gasteiger partial charge in [0.2, 0.25) is 5.91 Å². The summed E-state index contributed by atoms with van der Waals surface area (Å²) in [6, 6.07) is 12.8. The number of hydrogen-bond acceptors (Lipinski definition) is 6. The first-order valence-electron chi connectivity index (χ1n) is 11.5. The van der Waals surface area contributed by atoms with Crippen molar-refractivity contribution in [3.63, 3.8) is 0 Å². The zero-order valence-corrected chi connectivity index (χ0v) is 19.9. The standard InChI is InChI=1S/C25H30N6O5/c1-36-22-17-6-2-3-7-18(17)30-21(22)23(33)31-19(24(34)35)14-15-9-11-16(12-10-15)29-20(32)8-4-5-13-28-25(26)27/h2-3,6-7,9-12,19,22H,4-5,8,13-14H2,1H3,(H,29,32)(H,31,33)(H,34,35)(H4,26,27,28)/t19-,22?/m0/s1. The van der Waals surface area contributed by atoms with Crippen LogP contribution in [0.3, 0.4) is 0 Å². The second-order valence-corrected chi connectivity index (χ2v) is 8.25. The Hall–Kier alpha value is -4.25. The highest BCUT2D eigenvalue weighted by molar-refractivity contribution is 6.42. The first kappa shape index (κ1) is 26.4. The summed E-state index contributed by atoms with van der Waals surface area (Å²) in [5.74, 6) is -1.89. The van der Waals surface area contributed by atoms with E-state index in [2.05, 4.69) is 20.6 Å². The number of amides is 2. The molecule has 0 aliphatic carbocycles. The summed E-state index contributed by atoms with van der Waals surface area (Å²) in [5.41, 5.74) is 13.3. The van der Waals surface area contributed by atoms with Crippen LogP contribution in [0, 0.1) is 0 Å². The van der Waals surface area contributed by atoms with E-state index in [1.807, 2.05) is 12.1 Å². The van der Waals surface area contributed by atoms with Crippen LogP contribution >= 0.6 is 0 Å². The molecule has 190 valence electrons. The Kier molecular flexibility index (Phi) is 9.12. The summed E-state index contributed by atoms with van der Waals surface area (Å²) in [6.45, 7) is 0.470. The van der Waals surface area contributed by atoms with Crippen LogP contribution in [0.4, 0.5) is 11.4 Å². The van der Waals surface area contributed by atoms with Crippen LogP contribution in [0.1, 0.15) is 36.5 Å². The number of hydrogen-bond donors (Lipinski definition) is 5. The lowest BCUT2D eigenvalue weighted by atomic mass is 10.0. The number of carbonyl (C=O) groups excluding carboxylic acids is 2. The average molecular weight is 495 g/mol. The van der Waals surface area contributed by atoms with Gasteiger partial charge in [0, 0.05) is 37.7 Å². The first-order chi connectivity index (χ1) is 17.3. The van der Waals surface area contributed by atoms with Crippen LogP contribution in [-0.2, 0) is 25.5 Å². The van der Waals surface area contributed by atoms with Gasteiger partial charge in [0.1, 0.15) is 17.9 Å². The number of guanidine groups is 1. The molecule has 1 heterocycles. The number of carboxylic acid groups (broad SMARTS) is 1. The van der Waals surface area contributed by atoms with Gasteiger partial charge in [-0.15, -0.1) is 0 Å². The summed E-state index contributed by atoms with van der Waals surface area (Å²) in [6.07, 6.45) is 1.05. The highest BCUT2D eigenvalue weighted by atomic mass is 16.5. The Morgan fingerprint density at radius 3 is 2.50 bits per heavy atom. The number of methoxy groups -OCH3 is 1. The molecule has 0 spiro atoms. The number of nitrogens with zero attached hydrogens (tertiary/aromatic N) is 2. The van der Waals surface area contributed by atoms with Gasteiger partial charge >= 0.3 is 5.97 Å². The van der Waals surface area contributed by atoms with Gasteiger partial charge in [0.05, 0.1) is 5.69 Å². The fourth-order valence-corrected chi connectivity index (χ4v) is 3.78. The number of carboxylic acids is 1. The smallest absolute Gasteiger partial charge is 0.326 e. The lowest BCUT2D eigenvalue weighted by Crippen LogP contribution is -2.46. The second-order valence-electron chi connectivity index (χ2n) is 8.25. The maximum absolute atomic E-state index is 12.9. The molecule has 0 saturated carbocycles. The zero-order chi connectivity index (χ0) is 26.1. The van der Waals surface area contributed by atoms with Gasteiger partial charge in [0.25, 0.3) is 5.91 Å². The molecule has 3 rings (SSSR count). The molecule has 1 unspecified atom stereocenters. The third-order valence-electron chi connectivity index (χ3n) is 5.56. The van der Waals surface area contributed by atoms with Crippen LogP contribution in [0.15, 0.2) is 58.5 Å². The van der Waals surface area contributed by atoms with Gasteiger partial charge in [-0.05, 0) is 36.6 Å². The summed E-state index contributed by atoms with van der Waals surface area (Å²) >= 11 is 0. The van der Waals surface area contributed by atoms with Crippen molar-refractivity contribution in [1.82, 2.24) is 5.32 Å². The number of carbonyl (C=O) groups is 3. The van der Waals surface area contributed by atoms with Crippen LogP contribution in [0.2, 0.25) is 0 Å². The minimum atomic E-state index is -1.17. The third-order valence-corrected chi connectivity index (χ3v) is 5.56. The SMILES string of the molecule is COC1C(C(=O)N[C@@H](Cc2ccc(NC(=O)CCCCN=C(N)N)cc2)C(=O)O)=Nc2ccccc21. The number of rotatable bonds is 12. The van der Waals surface area contributed by atoms with Crippen molar-refractivity contribution in [2.45, 2.75) is 37.8 Å². The third kappa shape index (κ3) is 7.12. The molecule has 2 aromatic carbocycles. The number of ether oxygens (including phenoxy) is 1. The van der Waals surface area contributed by atoms with Crippen LogP contribution < -0.4 is 22.1 Å². The lowest BCUT2D eigenvalue weighted by molar-refractivity contribution is -0.141.